The van der Waals surface area contributed by atoms with E-state index in [1.54, 1.807) is 16.1 Å². The number of benzene rings is 2. The molecule has 2 aromatic carbocycles. The van der Waals surface area contributed by atoms with E-state index in [4.69, 9.17) is 0 Å². The van der Waals surface area contributed by atoms with Gasteiger partial charge in [0.05, 0.1) is 17.8 Å². The molecular formula is C32H42N6O4. The number of hydrazine groups is 1. The highest BCUT2D eigenvalue weighted by Crippen LogP contribution is 2.26. The Bertz CT molecular complexity index is 1280. The summed E-state index contributed by atoms with van der Waals surface area (Å²) in [5.41, 5.74) is 8.38. The molecule has 1 aromatic heterocycles. The van der Waals surface area contributed by atoms with E-state index in [9.17, 15) is 19.9 Å². The van der Waals surface area contributed by atoms with Crippen LogP contribution in [-0.2, 0) is 17.8 Å². The number of nitrogens with one attached hydrogen (secondary N) is 3. The monoisotopic (exact) mass is 574 g/mol. The summed E-state index contributed by atoms with van der Waals surface area (Å²) in [7, 11) is 0. The molecule has 3 aromatic rings. The van der Waals surface area contributed by atoms with Crippen molar-refractivity contribution < 1.29 is 19.9 Å². The van der Waals surface area contributed by atoms with Crippen molar-refractivity contribution in [3.05, 3.63) is 90.1 Å². The van der Waals surface area contributed by atoms with Crippen molar-refractivity contribution >= 4 is 11.9 Å². The first-order valence-electron chi connectivity index (χ1n) is 14.4. The van der Waals surface area contributed by atoms with Gasteiger partial charge in [-0.3, -0.25) is 15.2 Å². The lowest BCUT2D eigenvalue weighted by Gasteiger charge is -2.42. The van der Waals surface area contributed by atoms with E-state index >= 15 is 0 Å². The molecule has 5 N–H and O–H groups in total. The van der Waals surface area contributed by atoms with Crippen molar-refractivity contribution in [1.29, 1.82) is 0 Å². The third kappa shape index (κ3) is 8.36. The zero-order valence-corrected chi connectivity index (χ0v) is 24.5. The van der Waals surface area contributed by atoms with Crippen LogP contribution in [0.25, 0.3) is 11.3 Å². The van der Waals surface area contributed by atoms with Crippen LogP contribution >= 0.6 is 0 Å². The van der Waals surface area contributed by atoms with Crippen LogP contribution in [0.1, 0.15) is 38.3 Å². The summed E-state index contributed by atoms with van der Waals surface area (Å²) in [4.78, 5) is 32.6. The van der Waals surface area contributed by atoms with E-state index < -0.39 is 23.6 Å². The summed E-state index contributed by atoms with van der Waals surface area (Å²) in [5.74, 6) is -0.339. The van der Waals surface area contributed by atoms with Gasteiger partial charge in [0.2, 0.25) is 0 Å². The highest BCUT2D eigenvalue weighted by Gasteiger charge is 2.40. The minimum Gasteiger partial charge on any atom is -0.390 e. The van der Waals surface area contributed by atoms with Crippen molar-refractivity contribution in [3.63, 3.8) is 0 Å². The molecule has 4 rings (SSSR count). The smallest absolute Gasteiger partial charge is 0.318 e. The molecule has 42 heavy (non-hydrogen) atoms. The predicted octanol–water partition coefficient (Wildman–Crippen LogP) is 3.36. The van der Waals surface area contributed by atoms with Gasteiger partial charge in [-0.1, -0.05) is 81.4 Å². The number of pyridine rings is 1. The molecule has 3 atom stereocenters. The van der Waals surface area contributed by atoms with Gasteiger partial charge in [0.25, 0.3) is 5.91 Å². The summed E-state index contributed by atoms with van der Waals surface area (Å²) in [6, 6.07) is 21.5. The molecule has 1 fully saturated rings. The number of carbonyl (C=O) groups is 2. The average molecular weight is 575 g/mol. The number of amides is 3. The molecule has 1 saturated heterocycles. The SMILES string of the molecule is CC(C)(C)C(C(=O)NN(Cc1ccc(-c2ccccn2)cc1)CC(O)C(Cc1ccccc1)NO)N1CCCNC1=O. The van der Waals surface area contributed by atoms with Crippen molar-refractivity contribution in [2.75, 3.05) is 19.6 Å². The van der Waals surface area contributed by atoms with Crippen LogP contribution in [0, 0.1) is 5.41 Å². The van der Waals surface area contributed by atoms with E-state index in [2.05, 4.69) is 21.2 Å². The number of hydrogen-bond donors (Lipinski definition) is 5. The number of hydroxylamine groups is 1. The van der Waals surface area contributed by atoms with Crippen molar-refractivity contribution in [3.8, 4) is 11.3 Å². The predicted molar refractivity (Wildman–Crippen MR) is 161 cm³/mol. The average Bonchev–Trinajstić information content (AvgIpc) is 2.97. The molecular weight excluding hydrogens is 532 g/mol. The molecule has 0 radical (unpaired) electrons. The maximum atomic E-state index is 13.9. The Morgan fingerprint density at radius 3 is 2.38 bits per heavy atom. The summed E-state index contributed by atoms with van der Waals surface area (Å²) < 4.78 is 0. The second kappa shape index (κ2) is 14.4. The van der Waals surface area contributed by atoms with Gasteiger partial charge in [-0.15, -0.1) is 0 Å². The molecule has 10 nitrogen and oxygen atoms in total. The van der Waals surface area contributed by atoms with Crippen LogP contribution in [0.2, 0.25) is 0 Å². The largest absolute Gasteiger partial charge is 0.390 e. The van der Waals surface area contributed by atoms with E-state index in [0.717, 1.165) is 28.8 Å². The van der Waals surface area contributed by atoms with Gasteiger partial charge in [0.15, 0.2) is 0 Å². The number of nitrogens with zero attached hydrogens (tertiary/aromatic N) is 3. The number of aliphatic hydroxyl groups is 1. The fourth-order valence-corrected chi connectivity index (χ4v) is 5.29. The Hall–Kier alpha value is -3.83. The number of carbonyl (C=O) groups excluding carboxylic acids is 2. The molecule has 0 spiro atoms. The fourth-order valence-electron chi connectivity index (χ4n) is 5.29. The van der Waals surface area contributed by atoms with Crippen LogP contribution in [0.15, 0.2) is 79.0 Å². The van der Waals surface area contributed by atoms with Gasteiger partial charge in [-0.25, -0.2) is 9.80 Å². The van der Waals surface area contributed by atoms with Gasteiger partial charge >= 0.3 is 6.03 Å². The Morgan fingerprint density at radius 2 is 1.76 bits per heavy atom. The second-order valence-electron chi connectivity index (χ2n) is 11.8. The number of hydrogen-bond acceptors (Lipinski definition) is 7. The maximum Gasteiger partial charge on any atom is 0.318 e. The van der Waals surface area contributed by atoms with E-state index in [0.29, 0.717) is 19.5 Å². The fraction of sp³-hybridized carbons (Fsp3) is 0.406. The van der Waals surface area contributed by atoms with Crippen LogP contribution in [0.3, 0.4) is 0 Å². The molecule has 0 bridgehead atoms. The van der Waals surface area contributed by atoms with Gasteiger partial charge < -0.3 is 20.5 Å². The maximum absolute atomic E-state index is 13.9. The first-order valence-corrected chi connectivity index (χ1v) is 14.4. The normalized spacial score (nSPS) is 16.0. The third-order valence-electron chi connectivity index (χ3n) is 7.39. The molecule has 10 heteroatoms. The lowest BCUT2D eigenvalue weighted by atomic mass is 9.84. The Kier molecular flexibility index (Phi) is 10.6. The molecule has 1 aliphatic rings. The minimum atomic E-state index is -1.03. The van der Waals surface area contributed by atoms with E-state index in [-0.39, 0.29) is 25.0 Å². The van der Waals surface area contributed by atoms with Crippen molar-refractivity contribution in [1.82, 2.24) is 31.1 Å². The Morgan fingerprint density at radius 1 is 1.05 bits per heavy atom. The summed E-state index contributed by atoms with van der Waals surface area (Å²) >= 11 is 0. The zero-order chi connectivity index (χ0) is 30.1. The summed E-state index contributed by atoms with van der Waals surface area (Å²) in [6.07, 6.45) is 1.85. The van der Waals surface area contributed by atoms with Gasteiger partial charge in [0.1, 0.15) is 6.04 Å². The van der Waals surface area contributed by atoms with Gasteiger partial charge in [-0.2, -0.15) is 5.48 Å². The minimum absolute atomic E-state index is 0.0296. The molecule has 2 heterocycles. The lowest BCUT2D eigenvalue weighted by Crippen LogP contribution is -2.63. The Labute approximate surface area is 247 Å². The Balaban J connectivity index is 1.55. The summed E-state index contributed by atoms with van der Waals surface area (Å²) in [5, 5.41) is 25.6. The second-order valence-corrected chi connectivity index (χ2v) is 11.8. The quantitative estimate of drug-likeness (QED) is 0.210. The molecule has 0 aliphatic carbocycles. The number of rotatable bonds is 12. The van der Waals surface area contributed by atoms with Crippen LogP contribution in [0.4, 0.5) is 4.79 Å². The molecule has 3 amide bonds. The standard InChI is InChI=1S/C32H42N6O4/c1-32(2,3)29(38-19-9-18-34-31(38)41)30(40)35-37(22-28(39)27(36-42)20-23-10-5-4-6-11-23)21-24-13-15-25(16-14-24)26-12-7-8-17-33-26/h4-8,10-17,27-29,36,39,42H,9,18-22H2,1-3H3,(H,34,41)(H,35,40). The highest BCUT2D eigenvalue weighted by molar-refractivity contribution is 5.87. The first kappa shape index (κ1) is 31.1. The number of urea groups is 1. The third-order valence-corrected chi connectivity index (χ3v) is 7.39. The molecule has 1 aliphatic heterocycles. The van der Waals surface area contributed by atoms with Gasteiger partial charge in [-0.05, 0) is 41.5 Å². The van der Waals surface area contributed by atoms with E-state index in [1.807, 2.05) is 93.6 Å². The lowest BCUT2D eigenvalue weighted by molar-refractivity contribution is -0.135. The summed E-state index contributed by atoms with van der Waals surface area (Å²) in [6.45, 7) is 7.17. The van der Waals surface area contributed by atoms with Gasteiger partial charge in [0, 0.05) is 37.9 Å². The zero-order valence-electron chi connectivity index (χ0n) is 24.5. The van der Waals surface area contributed by atoms with E-state index in [1.165, 1.54) is 0 Å². The van der Waals surface area contributed by atoms with Crippen LogP contribution in [0.5, 0.6) is 0 Å². The molecule has 224 valence electrons. The highest BCUT2D eigenvalue weighted by atomic mass is 16.5. The number of aliphatic hydroxyl groups excluding tert-OH is 1. The van der Waals surface area contributed by atoms with Crippen LogP contribution in [-0.4, -0.2) is 75.0 Å². The van der Waals surface area contributed by atoms with Crippen molar-refractivity contribution in [2.24, 2.45) is 5.41 Å². The van der Waals surface area contributed by atoms with Crippen molar-refractivity contribution in [2.45, 2.75) is 58.3 Å². The first-order chi connectivity index (χ1) is 20.2. The molecule has 0 saturated carbocycles. The molecule has 3 unspecified atom stereocenters. The van der Waals surface area contributed by atoms with Crippen LogP contribution < -0.4 is 16.2 Å². The number of aromatic nitrogens is 1. The topological polar surface area (TPSA) is 130 Å².